The van der Waals surface area contributed by atoms with Gasteiger partial charge in [-0.05, 0) is 37.1 Å². The molecule has 2 bridgehead atoms. The number of fused-ring (bicyclic) bond motifs is 5. The molecule has 2 unspecified atom stereocenters. The molecule has 9 atom stereocenters. The molecule has 0 aromatic heterocycles. The zero-order valence-corrected chi connectivity index (χ0v) is 27.6. The summed E-state index contributed by atoms with van der Waals surface area (Å²) in [4.78, 5) is 53.4. The van der Waals surface area contributed by atoms with E-state index in [0.717, 1.165) is 6.92 Å². The maximum absolute atomic E-state index is 14.8. The molecule has 0 amide bonds. The largest absolute Gasteiger partial charge is 1.00 e. The maximum Gasteiger partial charge on any atom is 1.00 e. The number of rotatable bonds is 4. The SMILES string of the molecule is CC(=O)O[C@H]1C(=O)[C@@]2(C)C(C(OC(=O)c3ccccc3)[C@]3(O)C[C@H](O)C(C)=C1C3(C)C)[C@]1(OC(C)=O)CO[C@@H]1C[C@@H]2O.[Na+]. The molecule has 1 saturated heterocycles. The molecule has 1 heterocycles. The molecule has 43 heavy (non-hydrogen) atoms. The number of carbonyl (C=O) groups is 4. The number of carbonyl (C=O) groups excluding carboxylic acids is 4. The fourth-order valence-electron chi connectivity index (χ4n) is 7.91. The van der Waals surface area contributed by atoms with Crippen LogP contribution in [0.15, 0.2) is 41.5 Å². The van der Waals surface area contributed by atoms with E-state index in [9.17, 15) is 34.5 Å². The van der Waals surface area contributed by atoms with Gasteiger partial charge in [0.1, 0.15) is 17.8 Å². The van der Waals surface area contributed by atoms with Gasteiger partial charge in [-0.15, -0.1) is 0 Å². The standard InChI is InChI=1S/C31H38O11.Na/c1-15-19(34)13-31(38)26(41-27(37)18-10-8-7-9-11-18)24-29(6,20(35)12-21-30(24,14-39-21)42-17(3)33)25(36)23(40-16(2)32)22(15)28(31,4)5;/h7-11,19-21,23-24,26,34-35,38H,12-14H2,1-6H3;/q;+1/t19-,20-,21+,23+,24?,26?,29+,30-,31+;/m0./s1. The van der Waals surface area contributed by atoms with Crippen LogP contribution in [-0.4, -0.2) is 87.3 Å². The first-order valence-electron chi connectivity index (χ1n) is 14.1. The Kier molecular flexibility index (Phi) is 8.91. The number of ketones is 1. The number of hydrogen-bond donors (Lipinski definition) is 3. The minimum Gasteiger partial charge on any atom is -0.455 e. The van der Waals surface area contributed by atoms with Crippen molar-refractivity contribution >= 4 is 23.7 Å². The van der Waals surface area contributed by atoms with Gasteiger partial charge in [0, 0.05) is 32.1 Å². The number of Topliss-reactive ketones (excluding diaryl/α,β-unsaturated/α-hetero) is 1. The third kappa shape index (κ3) is 4.83. The van der Waals surface area contributed by atoms with Crippen molar-refractivity contribution in [1.29, 1.82) is 0 Å². The van der Waals surface area contributed by atoms with Gasteiger partial charge in [0.15, 0.2) is 17.5 Å². The average Bonchev–Trinajstić information content (AvgIpc) is 2.90. The molecule has 0 radical (unpaired) electrons. The molecule has 3 N–H and O–H groups in total. The number of esters is 3. The number of aliphatic hydroxyl groups excluding tert-OH is 2. The van der Waals surface area contributed by atoms with E-state index in [1.165, 1.54) is 26.0 Å². The predicted molar refractivity (Wildman–Crippen MR) is 145 cm³/mol. The number of ether oxygens (including phenoxy) is 4. The minimum atomic E-state index is -2.11. The summed E-state index contributed by atoms with van der Waals surface area (Å²) in [5.41, 5.74) is -6.38. The number of aliphatic hydroxyl groups is 3. The molecule has 4 aliphatic rings. The Bertz CT molecular complexity index is 1360. The van der Waals surface area contributed by atoms with E-state index in [1.807, 2.05) is 0 Å². The molecule has 3 fully saturated rings. The Morgan fingerprint density at radius 3 is 2.16 bits per heavy atom. The Hall–Kier alpha value is -2.12. The molecule has 1 aliphatic heterocycles. The summed E-state index contributed by atoms with van der Waals surface area (Å²) in [5, 5.41) is 35.8. The van der Waals surface area contributed by atoms with E-state index >= 15 is 0 Å². The normalized spacial score (nSPS) is 39.4. The zero-order valence-electron chi connectivity index (χ0n) is 25.6. The van der Waals surface area contributed by atoms with Gasteiger partial charge in [-0.1, -0.05) is 32.0 Å². The van der Waals surface area contributed by atoms with E-state index in [2.05, 4.69) is 0 Å². The fourth-order valence-corrected chi connectivity index (χ4v) is 7.91. The van der Waals surface area contributed by atoms with Crippen LogP contribution in [0.1, 0.15) is 64.7 Å². The van der Waals surface area contributed by atoms with Gasteiger partial charge in [-0.3, -0.25) is 14.4 Å². The Morgan fingerprint density at radius 2 is 1.63 bits per heavy atom. The number of hydrogen-bond acceptors (Lipinski definition) is 11. The van der Waals surface area contributed by atoms with E-state index in [0.29, 0.717) is 5.57 Å². The third-order valence-corrected chi connectivity index (χ3v) is 10.2. The van der Waals surface area contributed by atoms with Crippen molar-refractivity contribution in [3.05, 3.63) is 47.0 Å². The van der Waals surface area contributed by atoms with Gasteiger partial charge in [-0.25, -0.2) is 4.79 Å². The van der Waals surface area contributed by atoms with E-state index < -0.39 is 82.2 Å². The molecule has 5 rings (SSSR count). The first-order chi connectivity index (χ1) is 19.5. The van der Waals surface area contributed by atoms with Crippen LogP contribution in [-0.2, 0) is 33.3 Å². The Morgan fingerprint density at radius 1 is 1.00 bits per heavy atom. The maximum atomic E-state index is 14.8. The molecular formula is C31H38NaO11+. The van der Waals surface area contributed by atoms with Crippen LogP contribution in [0, 0.1) is 16.7 Å². The second-order valence-electron chi connectivity index (χ2n) is 12.8. The van der Waals surface area contributed by atoms with Gasteiger partial charge >= 0.3 is 47.5 Å². The summed E-state index contributed by atoms with van der Waals surface area (Å²) in [7, 11) is 0. The zero-order chi connectivity index (χ0) is 31.0. The summed E-state index contributed by atoms with van der Waals surface area (Å²) in [6.45, 7) is 8.42. The van der Waals surface area contributed by atoms with Crippen LogP contribution in [0.3, 0.4) is 0 Å². The first-order valence-corrected chi connectivity index (χ1v) is 14.1. The summed E-state index contributed by atoms with van der Waals surface area (Å²) in [6.07, 6.45) is -7.27. The first kappa shape index (κ1) is 33.8. The van der Waals surface area contributed by atoms with Crippen molar-refractivity contribution in [2.45, 2.75) is 96.1 Å². The van der Waals surface area contributed by atoms with E-state index in [1.54, 1.807) is 39.0 Å². The Labute approximate surface area is 272 Å². The van der Waals surface area contributed by atoms with Crippen molar-refractivity contribution < 1.29 is 83.0 Å². The monoisotopic (exact) mass is 609 g/mol. The molecule has 1 aromatic rings. The average molecular weight is 610 g/mol. The van der Waals surface area contributed by atoms with Crippen LogP contribution in [0.2, 0.25) is 0 Å². The summed E-state index contributed by atoms with van der Waals surface area (Å²) in [6, 6.07) is 8.05. The molecule has 3 aliphatic carbocycles. The molecule has 11 nitrogen and oxygen atoms in total. The van der Waals surface area contributed by atoms with E-state index in [-0.39, 0.29) is 60.1 Å². The van der Waals surface area contributed by atoms with Gasteiger partial charge in [-0.2, -0.15) is 0 Å². The second kappa shape index (κ2) is 11.3. The van der Waals surface area contributed by atoms with Gasteiger partial charge in [0.05, 0.1) is 35.7 Å². The van der Waals surface area contributed by atoms with Crippen molar-refractivity contribution in [3.63, 3.8) is 0 Å². The quantitative estimate of drug-likeness (QED) is 0.160. The van der Waals surface area contributed by atoms with Crippen molar-refractivity contribution in [2.24, 2.45) is 16.7 Å². The third-order valence-electron chi connectivity index (χ3n) is 10.2. The molecule has 0 spiro atoms. The molecule has 1 aromatic carbocycles. The van der Waals surface area contributed by atoms with Crippen molar-refractivity contribution in [1.82, 2.24) is 0 Å². The van der Waals surface area contributed by atoms with Crippen LogP contribution >= 0.6 is 0 Å². The molecule has 2 saturated carbocycles. The van der Waals surface area contributed by atoms with E-state index in [4.69, 9.17) is 18.9 Å². The summed E-state index contributed by atoms with van der Waals surface area (Å²) in [5.74, 6) is -4.41. The van der Waals surface area contributed by atoms with Crippen LogP contribution in [0.4, 0.5) is 0 Å². The van der Waals surface area contributed by atoms with Crippen LogP contribution in [0.25, 0.3) is 0 Å². The van der Waals surface area contributed by atoms with Gasteiger partial charge in [0.2, 0.25) is 0 Å². The van der Waals surface area contributed by atoms with Crippen molar-refractivity contribution in [3.8, 4) is 0 Å². The molecular weight excluding hydrogens is 571 g/mol. The summed E-state index contributed by atoms with van der Waals surface area (Å²) >= 11 is 0. The second-order valence-corrected chi connectivity index (χ2v) is 12.8. The van der Waals surface area contributed by atoms with Crippen molar-refractivity contribution in [2.75, 3.05) is 6.61 Å². The predicted octanol–water partition coefficient (Wildman–Crippen LogP) is -1.34. The van der Waals surface area contributed by atoms with Gasteiger partial charge < -0.3 is 34.3 Å². The topological polar surface area (TPSA) is 166 Å². The summed E-state index contributed by atoms with van der Waals surface area (Å²) < 4.78 is 23.5. The molecule has 228 valence electrons. The fraction of sp³-hybridized carbons (Fsp3) is 0.613. The number of benzene rings is 1. The van der Waals surface area contributed by atoms with Gasteiger partial charge in [0.25, 0.3) is 0 Å². The molecule has 12 heteroatoms. The minimum absolute atomic E-state index is 0. The van der Waals surface area contributed by atoms with Crippen LogP contribution < -0.4 is 29.6 Å². The van der Waals surface area contributed by atoms with Crippen LogP contribution in [0.5, 0.6) is 0 Å². The smallest absolute Gasteiger partial charge is 0.455 e. The Balaban J connectivity index is 0.00000423.